The van der Waals surface area contributed by atoms with Crippen molar-refractivity contribution in [3.05, 3.63) is 42.2 Å². The van der Waals surface area contributed by atoms with Gasteiger partial charge in [0, 0.05) is 11.6 Å². The Morgan fingerprint density at radius 1 is 1.33 bits per heavy atom. The molecule has 2 rings (SSSR count). The number of aliphatic carboxylic acids is 1. The average molecular weight is 244 g/mol. The zero-order chi connectivity index (χ0) is 13.0. The summed E-state index contributed by atoms with van der Waals surface area (Å²) >= 11 is 0. The number of rotatable bonds is 4. The molecule has 1 aromatic carbocycles. The summed E-state index contributed by atoms with van der Waals surface area (Å²) in [5.74, 6) is -0.783. The van der Waals surface area contributed by atoms with Crippen molar-refractivity contribution in [2.45, 2.75) is 6.92 Å². The highest BCUT2D eigenvalue weighted by atomic mass is 16.5. The van der Waals surface area contributed by atoms with Gasteiger partial charge >= 0.3 is 5.97 Å². The van der Waals surface area contributed by atoms with E-state index in [0.29, 0.717) is 5.69 Å². The molecule has 18 heavy (non-hydrogen) atoms. The van der Waals surface area contributed by atoms with Crippen LogP contribution in [-0.4, -0.2) is 27.7 Å². The number of carboxylic acids is 1. The monoisotopic (exact) mass is 244 g/mol. The highest BCUT2D eigenvalue weighted by Gasteiger charge is 2.04. The van der Waals surface area contributed by atoms with E-state index in [1.165, 1.54) is 6.33 Å². The van der Waals surface area contributed by atoms with Crippen LogP contribution in [0.25, 0.3) is 11.3 Å². The Bertz CT molecular complexity index is 570. The molecule has 0 aliphatic carbocycles. The molecule has 0 atom stereocenters. The SMILES string of the molecule is Cc1cccc(-c2cc(OCC(=O)O)ncn2)c1. The van der Waals surface area contributed by atoms with E-state index in [-0.39, 0.29) is 5.88 Å². The topological polar surface area (TPSA) is 72.3 Å². The van der Waals surface area contributed by atoms with Gasteiger partial charge in [-0.25, -0.2) is 14.8 Å². The Labute approximate surface area is 104 Å². The van der Waals surface area contributed by atoms with Crippen LogP contribution in [0.5, 0.6) is 5.88 Å². The standard InChI is InChI=1S/C13H12N2O3/c1-9-3-2-4-10(5-9)11-6-12(15-8-14-11)18-7-13(16)17/h2-6,8H,7H2,1H3,(H,16,17). The molecule has 92 valence electrons. The molecule has 5 nitrogen and oxygen atoms in total. The maximum absolute atomic E-state index is 10.4. The van der Waals surface area contributed by atoms with Crippen LogP contribution < -0.4 is 4.74 Å². The molecular weight excluding hydrogens is 232 g/mol. The third-order valence-electron chi connectivity index (χ3n) is 2.30. The summed E-state index contributed by atoms with van der Waals surface area (Å²) in [6.07, 6.45) is 1.36. The largest absolute Gasteiger partial charge is 0.479 e. The summed E-state index contributed by atoms with van der Waals surface area (Å²) < 4.78 is 5.01. The summed E-state index contributed by atoms with van der Waals surface area (Å²) in [7, 11) is 0. The highest BCUT2D eigenvalue weighted by molar-refractivity contribution is 5.68. The van der Waals surface area contributed by atoms with Crippen LogP contribution in [-0.2, 0) is 4.79 Å². The lowest BCUT2D eigenvalue weighted by Gasteiger charge is -2.05. The number of carbonyl (C=O) groups is 1. The van der Waals surface area contributed by atoms with Gasteiger partial charge in [0.1, 0.15) is 6.33 Å². The summed E-state index contributed by atoms with van der Waals surface area (Å²) in [5.41, 5.74) is 2.77. The quantitative estimate of drug-likeness (QED) is 0.889. The zero-order valence-corrected chi connectivity index (χ0v) is 9.83. The van der Waals surface area contributed by atoms with Gasteiger partial charge in [-0.1, -0.05) is 23.8 Å². The molecule has 0 amide bonds. The van der Waals surface area contributed by atoms with E-state index in [1.54, 1.807) is 6.07 Å². The second kappa shape index (κ2) is 5.27. The van der Waals surface area contributed by atoms with Gasteiger partial charge in [0.15, 0.2) is 6.61 Å². The normalized spacial score (nSPS) is 10.1. The lowest BCUT2D eigenvalue weighted by molar-refractivity contribution is -0.139. The van der Waals surface area contributed by atoms with Crippen molar-refractivity contribution in [2.24, 2.45) is 0 Å². The number of nitrogens with zero attached hydrogens (tertiary/aromatic N) is 2. The first kappa shape index (κ1) is 12.0. The molecule has 2 aromatic rings. The maximum atomic E-state index is 10.4. The lowest BCUT2D eigenvalue weighted by atomic mass is 10.1. The van der Waals surface area contributed by atoms with Crippen LogP contribution in [0.15, 0.2) is 36.7 Å². The number of aryl methyl sites for hydroxylation is 1. The van der Waals surface area contributed by atoms with Crippen molar-refractivity contribution in [1.82, 2.24) is 9.97 Å². The number of benzene rings is 1. The van der Waals surface area contributed by atoms with E-state index < -0.39 is 12.6 Å². The molecule has 1 aromatic heterocycles. The number of ether oxygens (including phenoxy) is 1. The van der Waals surface area contributed by atoms with Crippen LogP contribution in [0.2, 0.25) is 0 Å². The smallest absolute Gasteiger partial charge is 0.341 e. The molecule has 0 aliphatic rings. The van der Waals surface area contributed by atoms with Gasteiger partial charge in [0.2, 0.25) is 5.88 Å². The third kappa shape index (κ3) is 3.04. The second-order valence-corrected chi connectivity index (χ2v) is 3.79. The van der Waals surface area contributed by atoms with Crippen LogP contribution in [0.4, 0.5) is 0 Å². The summed E-state index contributed by atoms with van der Waals surface area (Å²) in [6.45, 7) is 1.58. The Morgan fingerprint density at radius 2 is 2.17 bits per heavy atom. The van der Waals surface area contributed by atoms with Crippen molar-refractivity contribution in [1.29, 1.82) is 0 Å². The molecule has 0 fully saturated rings. The lowest BCUT2D eigenvalue weighted by Crippen LogP contribution is -2.10. The Hall–Kier alpha value is -2.43. The zero-order valence-electron chi connectivity index (χ0n) is 9.83. The Balaban J connectivity index is 2.24. The number of aromatic nitrogens is 2. The van der Waals surface area contributed by atoms with Gasteiger partial charge in [-0.15, -0.1) is 0 Å². The van der Waals surface area contributed by atoms with E-state index in [4.69, 9.17) is 9.84 Å². The van der Waals surface area contributed by atoms with Crippen LogP contribution in [0.1, 0.15) is 5.56 Å². The molecule has 5 heteroatoms. The Morgan fingerprint density at radius 3 is 2.89 bits per heavy atom. The minimum absolute atomic E-state index is 0.254. The number of hydrogen-bond acceptors (Lipinski definition) is 4. The molecular formula is C13H12N2O3. The summed E-state index contributed by atoms with van der Waals surface area (Å²) in [5, 5.41) is 8.53. The van der Waals surface area contributed by atoms with Gasteiger partial charge in [-0.2, -0.15) is 0 Å². The van der Waals surface area contributed by atoms with Crippen LogP contribution in [0, 0.1) is 6.92 Å². The summed E-state index contributed by atoms with van der Waals surface area (Å²) in [4.78, 5) is 18.4. The van der Waals surface area contributed by atoms with E-state index >= 15 is 0 Å². The first-order chi connectivity index (χ1) is 8.65. The number of carboxylic acid groups (broad SMARTS) is 1. The molecule has 1 heterocycles. The molecule has 0 aliphatic heterocycles. The molecule has 0 saturated heterocycles. The molecule has 0 saturated carbocycles. The van der Waals surface area contributed by atoms with Gasteiger partial charge in [-0.05, 0) is 13.0 Å². The minimum Gasteiger partial charge on any atom is -0.479 e. The first-order valence-electron chi connectivity index (χ1n) is 5.39. The molecule has 0 unspecified atom stereocenters. The summed E-state index contributed by atoms with van der Waals surface area (Å²) in [6, 6.07) is 9.47. The van der Waals surface area contributed by atoms with Crippen LogP contribution in [0.3, 0.4) is 0 Å². The van der Waals surface area contributed by atoms with E-state index in [0.717, 1.165) is 11.1 Å². The van der Waals surface area contributed by atoms with Crippen molar-refractivity contribution in [2.75, 3.05) is 6.61 Å². The van der Waals surface area contributed by atoms with Crippen molar-refractivity contribution in [3.63, 3.8) is 0 Å². The fraction of sp³-hybridized carbons (Fsp3) is 0.154. The van der Waals surface area contributed by atoms with E-state index in [2.05, 4.69) is 9.97 Å². The number of hydrogen-bond donors (Lipinski definition) is 1. The van der Waals surface area contributed by atoms with Gasteiger partial charge < -0.3 is 9.84 Å². The average Bonchev–Trinajstić information content (AvgIpc) is 2.37. The fourth-order valence-corrected chi connectivity index (χ4v) is 1.52. The predicted octanol–water partition coefficient (Wildman–Crippen LogP) is 1.92. The van der Waals surface area contributed by atoms with Crippen LogP contribution >= 0.6 is 0 Å². The Kier molecular flexibility index (Phi) is 3.52. The molecule has 1 N–H and O–H groups in total. The molecule has 0 spiro atoms. The van der Waals surface area contributed by atoms with E-state index in [9.17, 15) is 4.79 Å². The van der Waals surface area contributed by atoms with Crippen molar-refractivity contribution >= 4 is 5.97 Å². The van der Waals surface area contributed by atoms with Gasteiger partial charge in [0.25, 0.3) is 0 Å². The van der Waals surface area contributed by atoms with Gasteiger partial charge in [0.05, 0.1) is 5.69 Å². The highest BCUT2D eigenvalue weighted by Crippen LogP contribution is 2.20. The van der Waals surface area contributed by atoms with Crippen molar-refractivity contribution < 1.29 is 14.6 Å². The van der Waals surface area contributed by atoms with Gasteiger partial charge in [-0.3, -0.25) is 0 Å². The van der Waals surface area contributed by atoms with Crippen molar-refractivity contribution in [3.8, 4) is 17.1 Å². The van der Waals surface area contributed by atoms with E-state index in [1.807, 2.05) is 31.2 Å². The molecule has 0 bridgehead atoms. The minimum atomic E-state index is -1.04. The maximum Gasteiger partial charge on any atom is 0.341 e. The third-order valence-corrected chi connectivity index (χ3v) is 2.30. The fourth-order valence-electron chi connectivity index (χ4n) is 1.52. The molecule has 0 radical (unpaired) electrons. The first-order valence-corrected chi connectivity index (χ1v) is 5.39. The second-order valence-electron chi connectivity index (χ2n) is 3.79. The predicted molar refractivity (Wildman–Crippen MR) is 65.3 cm³/mol.